The van der Waals surface area contributed by atoms with Crippen LogP contribution in [-0.2, 0) is 4.74 Å². The molecule has 1 aromatic carbocycles. The summed E-state index contributed by atoms with van der Waals surface area (Å²) in [6.45, 7) is 3.63. The first-order chi connectivity index (χ1) is 12.6. The average molecular weight is 417 g/mol. The fraction of sp³-hybridized carbons (Fsp3) is 0.421. The van der Waals surface area contributed by atoms with Crippen molar-refractivity contribution in [2.75, 3.05) is 19.8 Å². The Hall–Kier alpha value is -2.17. The number of rotatable bonds is 5. The number of hydrogen-bond donors (Lipinski definition) is 0. The van der Waals surface area contributed by atoms with E-state index in [1.54, 1.807) is 10.9 Å². The fourth-order valence-corrected chi connectivity index (χ4v) is 3.50. The zero-order chi connectivity index (χ0) is 18.5. The van der Waals surface area contributed by atoms with Gasteiger partial charge in [-0.15, -0.1) is 0 Å². The Morgan fingerprint density at radius 2 is 2.08 bits per heavy atom. The molecule has 6 nitrogen and oxygen atoms in total. The van der Waals surface area contributed by atoms with E-state index in [1.165, 1.54) is 0 Å². The van der Waals surface area contributed by atoms with E-state index in [2.05, 4.69) is 27.1 Å². The Kier molecular flexibility index (Phi) is 6.07. The molecule has 1 fully saturated rings. The van der Waals surface area contributed by atoms with Gasteiger partial charge in [-0.25, -0.2) is 4.68 Å². The highest BCUT2D eigenvalue weighted by Gasteiger charge is 2.28. The second-order valence-corrected chi connectivity index (χ2v) is 7.20. The van der Waals surface area contributed by atoms with Crippen molar-refractivity contribution in [2.45, 2.75) is 32.2 Å². The Bertz CT molecular complexity index is 804. The third kappa shape index (κ3) is 3.97. The molecule has 1 aromatic heterocycles. The predicted octanol–water partition coefficient (Wildman–Crippen LogP) is 3.48. The monoisotopic (exact) mass is 416 g/mol. The van der Waals surface area contributed by atoms with Crippen LogP contribution in [0.25, 0.3) is 5.69 Å². The van der Waals surface area contributed by atoms with Crippen molar-refractivity contribution in [3.63, 3.8) is 0 Å². The summed E-state index contributed by atoms with van der Waals surface area (Å²) in [5.74, 6) is -0.0620. The van der Waals surface area contributed by atoms with Gasteiger partial charge in [0.1, 0.15) is 0 Å². The molecule has 0 unspecified atom stereocenters. The quantitative estimate of drug-likeness (QED) is 0.747. The summed E-state index contributed by atoms with van der Waals surface area (Å²) in [7, 11) is 0. The number of nitriles is 1. The number of nitrogens with zero attached hydrogens (tertiary/aromatic N) is 4. The van der Waals surface area contributed by atoms with Gasteiger partial charge in [-0.05, 0) is 44.0 Å². The highest BCUT2D eigenvalue weighted by atomic mass is 79.9. The number of ether oxygens (including phenoxy) is 1. The second kappa shape index (κ2) is 8.47. The van der Waals surface area contributed by atoms with Crippen LogP contribution in [0.5, 0.6) is 0 Å². The van der Waals surface area contributed by atoms with Crippen LogP contribution in [0, 0.1) is 18.3 Å². The summed E-state index contributed by atoms with van der Waals surface area (Å²) in [5, 5.41) is 13.4. The number of aromatic nitrogens is 2. The number of amides is 1. The highest BCUT2D eigenvalue weighted by molar-refractivity contribution is 9.10. The van der Waals surface area contributed by atoms with Crippen molar-refractivity contribution < 1.29 is 9.53 Å². The van der Waals surface area contributed by atoms with Crippen LogP contribution in [-0.4, -0.2) is 46.4 Å². The molecule has 0 atom stereocenters. The van der Waals surface area contributed by atoms with Crippen molar-refractivity contribution in [2.24, 2.45) is 0 Å². The molecule has 2 aromatic rings. The van der Waals surface area contributed by atoms with Crippen molar-refractivity contribution in [3.05, 3.63) is 46.2 Å². The summed E-state index contributed by atoms with van der Waals surface area (Å²) < 4.78 is 8.17. The smallest absolute Gasteiger partial charge is 0.257 e. The van der Waals surface area contributed by atoms with Crippen molar-refractivity contribution in [3.8, 4) is 11.8 Å². The highest BCUT2D eigenvalue weighted by Crippen LogP contribution is 2.22. The minimum atomic E-state index is -0.0620. The van der Waals surface area contributed by atoms with E-state index in [1.807, 2.05) is 36.1 Å². The molecule has 0 bridgehead atoms. The molecule has 2 heterocycles. The van der Waals surface area contributed by atoms with Crippen LogP contribution < -0.4 is 0 Å². The summed E-state index contributed by atoms with van der Waals surface area (Å²) in [6, 6.07) is 10.0. The summed E-state index contributed by atoms with van der Waals surface area (Å²) in [5.41, 5.74) is 2.28. The van der Waals surface area contributed by atoms with E-state index in [0.29, 0.717) is 31.7 Å². The third-order valence-electron chi connectivity index (χ3n) is 4.67. The molecule has 0 saturated carbocycles. The molecule has 136 valence electrons. The van der Waals surface area contributed by atoms with Gasteiger partial charge >= 0.3 is 0 Å². The number of carbonyl (C=O) groups excluding carboxylic acids is 1. The van der Waals surface area contributed by atoms with Gasteiger partial charge < -0.3 is 9.64 Å². The average Bonchev–Trinajstić information content (AvgIpc) is 3.05. The summed E-state index contributed by atoms with van der Waals surface area (Å²) >= 11 is 3.43. The first-order valence-corrected chi connectivity index (χ1v) is 9.47. The summed E-state index contributed by atoms with van der Waals surface area (Å²) in [6.07, 6.45) is 3.55. The van der Waals surface area contributed by atoms with Gasteiger partial charge in [-0.1, -0.05) is 15.9 Å². The lowest BCUT2D eigenvalue weighted by Crippen LogP contribution is -2.44. The number of hydrogen-bond acceptors (Lipinski definition) is 4. The summed E-state index contributed by atoms with van der Waals surface area (Å²) in [4.78, 5) is 15.0. The zero-order valence-corrected chi connectivity index (χ0v) is 16.3. The minimum Gasteiger partial charge on any atom is -0.381 e. The SMILES string of the molecule is Cc1c(C(=O)N(CCC#N)C2CCOCC2)cnn1-c1ccc(Br)cc1. The molecule has 7 heteroatoms. The molecule has 1 amide bonds. The van der Waals surface area contributed by atoms with Crippen LogP contribution in [0.15, 0.2) is 34.9 Å². The Morgan fingerprint density at radius 3 is 2.73 bits per heavy atom. The van der Waals surface area contributed by atoms with Crippen molar-refractivity contribution >= 4 is 21.8 Å². The first-order valence-electron chi connectivity index (χ1n) is 8.68. The van der Waals surface area contributed by atoms with Gasteiger partial charge in [0.25, 0.3) is 5.91 Å². The lowest BCUT2D eigenvalue weighted by Gasteiger charge is -2.33. The fourth-order valence-electron chi connectivity index (χ4n) is 3.23. The molecular weight excluding hydrogens is 396 g/mol. The molecule has 1 aliphatic heterocycles. The van der Waals surface area contributed by atoms with Gasteiger partial charge in [0.2, 0.25) is 0 Å². The largest absolute Gasteiger partial charge is 0.381 e. The molecule has 0 spiro atoms. The molecule has 26 heavy (non-hydrogen) atoms. The molecular formula is C19H21BrN4O2. The van der Waals surface area contributed by atoms with Crippen molar-refractivity contribution in [1.29, 1.82) is 5.26 Å². The van der Waals surface area contributed by atoms with E-state index in [4.69, 9.17) is 10.00 Å². The number of carbonyl (C=O) groups is 1. The molecule has 0 radical (unpaired) electrons. The van der Waals surface area contributed by atoms with Gasteiger partial charge in [-0.3, -0.25) is 4.79 Å². The molecule has 1 saturated heterocycles. The van der Waals surface area contributed by atoms with E-state index in [9.17, 15) is 4.79 Å². The number of benzene rings is 1. The van der Waals surface area contributed by atoms with Crippen LogP contribution in [0.2, 0.25) is 0 Å². The Balaban J connectivity index is 1.87. The van der Waals surface area contributed by atoms with E-state index in [-0.39, 0.29) is 11.9 Å². The van der Waals surface area contributed by atoms with Crippen LogP contribution >= 0.6 is 15.9 Å². The number of halogens is 1. The van der Waals surface area contributed by atoms with Crippen molar-refractivity contribution in [1.82, 2.24) is 14.7 Å². The third-order valence-corrected chi connectivity index (χ3v) is 5.20. The molecule has 0 aliphatic carbocycles. The van der Waals surface area contributed by atoms with E-state index < -0.39 is 0 Å². The van der Waals surface area contributed by atoms with Gasteiger partial charge in [0.05, 0.1) is 35.6 Å². The van der Waals surface area contributed by atoms with E-state index in [0.717, 1.165) is 28.7 Å². The maximum absolute atomic E-state index is 13.2. The van der Waals surface area contributed by atoms with Crippen LogP contribution in [0.4, 0.5) is 0 Å². The lowest BCUT2D eigenvalue weighted by molar-refractivity contribution is 0.0296. The van der Waals surface area contributed by atoms with E-state index >= 15 is 0 Å². The normalized spacial score (nSPS) is 14.8. The van der Waals surface area contributed by atoms with Crippen LogP contribution in [0.3, 0.4) is 0 Å². The Morgan fingerprint density at radius 1 is 1.38 bits per heavy atom. The zero-order valence-electron chi connectivity index (χ0n) is 14.7. The van der Waals surface area contributed by atoms with Gasteiger partial charge in [0, 0.05) is 30.3 Å². The maximum Gasteiger partial charge on any atom is 0.257 e. The topological polar surface area (TPSA) is 71.2 Å². The predicted molar refractivity (Wildman–Crippen MR) is 101 cm³/mol. The standard InChI is InChI=1S/C19H21BrN4O2/c1-14-18(13-22-24(14)17-5-3-15(20)4-6-17)19(25)23(10-2-9-21)16-7-11-26-12-8-16/h3-6,13,16H,2,7-8,10-12H2,1H3. The lowest BCUT2D eigenvalue weighted by atomic mass is 10.1. The molecule has 3 rings (SSSR count). The van der Waals surface area contributed by atoms with Gasteiger partial charge in [-0.2, -0.15) is 10.4 Å². The minimum absolute atomic E-state index is 0.0620. The first kappa shape index (κ1) is 18.6. The van der Waals surface area contributed by atoms with Crippen LogP contribution in [0.1, 0.15) is 35.3 Å². The Labute approximate surface area is 161 Å². The maximum atomic E-state index is 13.2. The molecule has 1 aliphatic rings. The second-order valence-electron chi connectivity index (χ2n) is 6.28. The molecule has 0 N–H and O–H groups in total. The van der Waals surface area contributed by atoms with Gasteiger partial charge in [0.15, 0.2) is 0 Å².